The van der Waals surface area contributed by atoms with Crippen LogP contribution in [-0.4, -0.2) is 5.71 Å². The molecular formula is C15H24N2. The van der Waals surface area contributed by atoms with Gasteiger partial charge in [0.15, 0.2) is 0 Å². The lowest BCUT2D eigenvalue weighted by Crippen LogP contribution is -2.09. The number of rotatable bonds is 6. The lowest BCUT2D eigenvalue weighted by Gasteiger charge is -2.12. The molecule has 0 amide bonds. The van der Waals surface area contributed by atoms with Crippen molar-refractivity contribution in [3.63, 3.8) is 0 Å². The van der Waals surface area contributed by atoms with Crippen molar-refractivity contribution in [3.8, 4) is 0 Å². The summed E-state index contributed by atoms with van der Waals surface area (Å²) in [5.74, 6) is 1.31. The average Bonchev–Trinajstić information content (AvgIpc) is 2.26. The van der Waals surface area contributed by atoms with E-state index >= 15 is 0 Å². The van der Waals surface area contributed by atoms with Crippen LogP contribution in [0, 0.1) is 11.8 Å². The average molecular weight is 232 g/mol. The van der Waals surface area contributed by atoms with Gasteiger partial charge in [0.1, 0.15) is 0 Å². The first-order valence-corrected chi connectivity index (χ1v) is 6.44. The van der Waals surface area contributed by atoms with E-state index in [4.69, 9.17) is 0 Å². The van der Waals surface area contributed by atoms with Gasteiger partial charge in [-0.15, -0.1) is 0 Å². The topological polar surface area (TPSA) is 24.4 Å². The number of hydrogen-bond acceptors (Lipinski definition) is 2. The van der Waals surface area contributed by atoms with Gasteiger partial charge in [-0.25, -0.2) is 0 Å². The third-order valence-corrected chi connectivity index (χ3v) is 2.40. The van der Waals surface area contributed by atoms with Crippen LogP contribution in [0.3, 0.4) is 0 Å². The van der Waals surface area contributed by atoms with Gasteiger partial charge in [0, 0.05) is 5.71 Å². The lowest BCUT2D eigenvalue weighted by atomic mass is 9.99. The van der Waals surface area contributed by atoms with E-state index in [9.17, 15) is 0 Å². The third-order valence-electron chi connectivity index (χ3n) is 2.40. The minimum atomic E-state index is 0.657. The lowest BCUT2D eigenvalue weighted by molar-refractivity contribution is 0.634. The van der Waals surface area contributed by atoms with Gasteiger partial charge in [-0.2, -0.15) is 5.10 Å². The first-order valence-electron chi connectivity index (χ1n) is 6.44. The molecule has 1 rings (SSSR count). The highest BCUT2D eigenvalue weighted by Crippen LogP contribution is 2.12. The smallest absolute Gasteiger partial charge is 0.0561 e. The van der Waals surface area contributed by atoms with E-state index in [2.05, 4.69) is 38.2 Å². The predicted molar refractivity (Wildman–Crippen MR) is 76.4 cm³/mol. The number of nitrogens with zero attached hydrogens (tertiary/aromatic N) is 1. The van der Waals surface area contributed by atoms with Gasteiger partial charge in [0.25, 0.3) is 0 Å². The van der Waals surface area contributed by atoms with E-state index in [-0.39, 0.29) is 0 Å². The summed E-state index contributed by atoms with van der Waals surface area (Å²) in [6, 6.07) is 10.1. The summed E-state index contributed by atoms with van der Waals surface area (Å²) in [5, 5.41) is 4.54. The number of hydrogen-bond donors (Lipinski definition) is 1. The molecule has 0 fully saturated rings. The maximum atomic E-state index is 4.54. The highest BCUT2D eigenvalue weighted by atomic mass is 15.3. The molecule has 0 heterocycles. The van der Waals surface area contributed by atoms with Gasteiger partial charge in [0.2, 0.25) is 0 Å². The Bertz CT molecular complexity index is 327. The van der Waals surface area contributed by atoms with E-state index < -0.39 is 0 Å². The Hall–Kier alpha value is -1.31. The summed E-state index contributed by atoms with van der Waals surface area (Å²) >= 11 is 0. The molecule has 1 aromatic carbocycles. The molecule has 0 spiro atoms. The number of anilines is 1. The van der Waals surface area contributed by atoms with Crippen molar-refractivity contribution in [1.82, 2.24) is 0 Å². The molecule has 2 nitrogen and oxygen atoms in total. The summed E-state index contributed by atoms with van der Waals surface area (Å²) in [6.07, 6.45) is 2.13. The molecule has 0 saturated heterocycles. The van der Waals surface area contributed by atoms with E-state index in [0.29, 0.717) is 11.8 Å². The number of hydrazone groups is 1. The van der Waals surface area contributed by atoms with Crippen LogP contribution in [0.2, 0.25) is 0 Å². The van der Waals surface area contributed by atoms with Gasteiger partial charge >= 0.3 is 0 Å². The van der Waals surface area contributed by atoms with E-state index in [0.717, 1.165) is 18.5 Å². The largest absolute Gasteiger partial charge is 0.279 e. The molecule has 2 heteroatoms. The van der Waals surface area contributed by atoms with Crippen LogP contribution in [0.25, 0.3) is 0 Å². The van der Waals surface area contributed by atoms with Crippen LogP contribution in [0.4, 0.5) is 5.69 Å². The zero-order valence-electron chi connectivity index (χ0n) is 11.4. The van der Waals surface area contributed by atoms with Gasteiger partial charge in [-0.1, -0.05) is 45.9 Å². The second-order valence-electron chi connectivity index (χ2n) is 5.35. The molecule has 0 atom stereocenters. The van der Waals surface area contributed by atoms with E-state index in [1.807, 2.05) is 30.3 Å². The maximum Gasteiger partial charge on any atom is 0.0561 e. The molecule has 0 radical (unpaired) electrons. The summed E-state index contributed by atoms with van der Waals surface area (Å²) < 4.78 is 0. The van der Waals surface area contributed by atoms with Crippen LogP contribution in [0.15, 0.2) is 35.4 Å². The fourth-order valence-corrected chi connectivity index (χ4v) is 1.77. The zero-order valence-corrected chi connectivity index (χ0v) is 11.4. The molecule has 94 valence electrons. The normalized spacial score (nSPS) is 10.7. The van der Waals surface area contributed by atoms with Crippen molar-refractivity contribution in [2.45, 2.75) is 40.5 Å². The van der Waals surface area contributed by atoms with E-state index in [1.165, 1.54) is 5.71 Å². The van der Waals surface area contributed by atoms with Crippen molar-refractivity contribution in [3.05, 3.63) is 30.3 Å². The fourth-order valence-electron chi connectivity index (χ4n) is 1.77. The quantitative estimate of drug-likeness (QED) is 0.565. The summed E-state index contributed by atoms with van der Waals surface area (Å²) in [6.45, 7) is 8.94. The van der Waals surface area contributed by atoms with Crippen LogP contribution >= 0.6 is 0 Å². The Labute approximate surface area is 105 Å². The molecule has 0 unspecified atom stereocenters. The number of nitrogens with one attached hydrogen (secondary N) is 1. The van der Waals surface area contributed by atoms with Crippen molar-refractivity contribution >= 4 is 11.4 Å². The van der Waals surface area contributed by atoms with Crippen LogP contribution in [-0.2, 0) is 0 Å². The van der Waals surface area contributed by atoms with Crippen molar-refractivity contribution < 1.29 is 0 Å². The third kappa shape index (κ3) is 6.10. The van der Waals surface area contributed by atoms with Crippen LogP contribution in [0.1, 0.15) is 40.5 Å². The maximum absolute atomic E-state index is 4.54. The van der Waals surface area contributed by atoms with Crippen LogP contribution in [0.5, 0.6) is 0 Å². The van der Waals surface area contributed by atoms with Crippen molar-refractivity contribution in [1.29, 1.82) is 0 Å². The Balaban J connectivity index is 2.62. The minimum Gasteiger partial charge on any atom is -0.279 e. The van der Waals surface area contributed by atoms with Crippen LogP contribution < -0.4 is 5.43 Å². The summed E-state index contributed by atoms with van der Waals surface area (Å²) in [4.78, 5) is 0. The second-order valence-corrected chi connectivity index (χ2v) is 5.35. The molecule has 17 heavy (non-hydrogen) atoms. The predicted octanol–water partition coefficient (Wildman–Crippen LogP) is 4.55. The van der Waals surface area contributed by atoms with Crippen molar-refractivity contribution in [2.75, 3.05) is 5.43 Å². The molecule has 0 aliphatic heterocycles. The molecule has 0 aromatic heterocycles. The molecule has 0 saturated carbocycles. The standard InChI is InChI=1S/C15H24N2/c1-12(2)10-15(11-13(3)4)17-16-14-8-6-5-7-9-14/h5-9,12-13,16H,10-11H2,1-4H3. The highest BCUT2D eigenvalue weighted by molar-refractivity contribution is 5.85. The molecule has 0 bridgehead atoms. The Morgan fingerprint density at radius 2 is 1.53 bits per heavy atom. The Kier molecular flexibility index (Phi) is 5.75. The first-order chi connectivity index (χ1) is 8.08. The summed E-state index contributed by atoms with van der Waals surface area (Å²) in [5.41, 5.74) is 5.46. The van der Waals surface area contributed by atoms with Gasteiger partial charge in [0.05, 0.1) is 5.69 Å². The molecule has 1 aromatic rings. The molecule has 1 N–H and O–H groups in total. The molecular weight excluding hydrogens is 208 g/mol. The van der Waals surface area contributed by atoms with E-state index in [1.54, 1.807) is 0 Å². The molecule has 0 aliphatic rings. The zero-order chi connectivity index (χ0) is 12.7. The second kappa shape index (κ2) is 7.10. The SMILES string of the molecule is CC(C)CC(CC(C)C)=NNc1ccccc1. The number of benzene rings is 1. The minimum absolute atomic E-state index is 0.657. The Morgan fingerprint density at radius 3 is 2.00 bits per heavy atom. The highest BCUT2D eigenvalue weighted by Gasteiger charge is 2.06. The van der Waals surface area contributed by atoms with Crippen molar-refractivity contribution in [2.24, 2.45) is 16.9 Å². The first kappa shape index (κ1) is 13.8. The van der Waals surface area contributed by atoms with Gasteiger partial charge in [-0.05, 0) is 36.8 Å². The Morgan fingerprint density at radius 1 is 1.00 bits per heavy atom. The fraction of sp³-hybridized carbons (Fsp3) is 0.533. The van der Waals surface area contributed by atoms with Gasteiger partial charge in [-0.3, -0.25) is 5.43 Å². The summed E-state index contributed by atoms with van der Waals surface area (Å²) in [7, 11) is 0. The number of para-hydroxylation sites is 1. The molecule has 0 aliphatic carbocycles. The van der Waals surface area contributed by atoms with Gasteiger partial charge < -0.3 is 0 Å². The monoisotopic (exact) mass is 232 g/mol.